The highest BCUT2D eigenvalue weighted by atomic mass is 35.5. The van der Waals surface area contributed by atoms with E-state index in [4.69, 9.17) is 11.6 Å². The van der Waals surface area contributed by atoms with E-state index in [-0.39, 0.29) is 23.1 Å². The molecule has 1 unspecified atom stereocenters. The Bertz CT molecular complexity index is 2040. The molecule has 2 amide bonds. The molecule has 3 fully saturated rings. The normalized spacial score (nSPS) is 19.9. The number of likely N-dealkylation sites (tertiary alicyclic amines) is 2. The average Bonchev–Trinajstić information content (AvgIpc) is 3.12. The summed E-state index contributed by atoms with van der Waals surface area (Å²) >= 11 is 6.73. The SMILES string of the molecule is Cn1cc(-c2ccc(CN3CCC(N4CCC(c5ccc(NC6CCC(=O)NC6=O)cc5Cl)CC4)CC3)c(OC(F)(F)F)c2)c2ccncc2c1=O. The lowest BCUT2D eigenvalue weighted by Crippen LogP contribution is -2.47. The van der Waals surface area contributed by atoms with Crippen molar-refractivity contribution in [2.45, 2.75) is 69.4 Å². The molecule has 14 heteroatoms. The largest absolute Gasteiger partial charge is 0.573 e. The third-order valence-corrected chi connectivity index (χ3v) is 10.9. The summed E-state index contributed by atoms with van der Waals surface area (Å²) in [5, 5.41) is 7.20. The van der Waals surface area contributed by atoms with E-state index >= 15 is 0 Å². The van der Waals surface area contributed by atoms with Gasteiger partial charge in [-0.3, -0.25) is 29.6 Å². The Labute approximate surface area is 303 Å². The lowest BCUT2D eigenvalue weighted by molar-refractivity contribution is -0.275. The van der Waals surface area contributed by atoms with Crippen molar-refractivity contribution in [1.82, 2.24) is 24.7 Å². The Morgan fingerprint density at radius 1 is 0.962 bits per heavy atom. The molecule has 10 nitrogen and oxygen atoms in total. The van der Waals surface area contributed by atoms with Crippen molar-refractivity contribution >= 4 is 39.9 Å². The number of rotatable bonds is 8. The summed E-state index contributed by atoms with van der Waals surface area (Å²) in [4.78, 5) is 45.0. The van der Waals surface area contributed by atoms with Crippen LogP contribution in [0.25, 0.3) is 21.9 Å². The Hall–Kier alpha value is -4.46. The van der Waals surface area contributed by atoms with Crippen LogP contribution in [-0.2, 0) is 23.2 Å². The number of nitrogens with zero attached hydrogens (tertiary/aromatic N) is 4. The van der Waals surface area contributed by atoms with Crippen LogP contribution < -0.4 is 20.9 Å². The predicted molar refractivity (Wildman–Crippen MR) is 192 cm³/mol. The van der Waals surface area contributed by atoms with Crippen molar-refractivity contribution < 1.29 is 27.5 Å². The molecular weight excluding hydrogens is 697 g/mol. The smallest absolute Gasteiger partial charge is 0.405 e. The molecule has 5 heterocycles. The highest BCUT2D eigenvalue weighted by Crippen LogP contribution is 2.37. The lowest BCUT2D eigenvalue weighted by atomic mass is 9.87. The van der Waals surface area contributed by atoms with Crippen molar-refractivity contribution in [1.29, 1.82) is 0 Å². The molecule has 2 aromatic heterocycles. The van der Waals surface area contributed by atoms with E-state index in [0.717, 1.165) is 63.1 Å². The first-order chi connectivity index (χ1) is 24.9. The summed E-state index contributed by atoms with van der Waals surface area (Å²) in [7, 11) is 1.60. The van der Waals surface area contributed by atoms with E-state index in [1.807, 2.05) is 18.2 Å². The number of pyridine rings is 2. The second kappa shape index (κ2) is 14.9. The van der Waals surface area contributed by atoms with E-state index in [1.54, 1.807) is 37.6 Å². The number of carbonyl (C=O) groups excluding carboxylic acids is 2. The van der Waals surface area contributed by atoms with Crippen molar-refractivity contribution in [2.75, 3.05) is 31.5 Å². The molecule has 0 bridgehead atoms. The Morgan fingerprint density at radius 3 is 2.44 bits per heavy atom. The minimum Gasteiger partial charge on any atom is -0.405 e. The maximum Gasteiger partial charge on any atom is 0.573 e. The number of anilines is 1. The fourth-order valence-electron chi connectivity index (χ4n) is 7.85. The molecule has 0 saturated carbocycles. The van der Waals surface area contributed by atoms with Crippen molar-refractivity contribution in [3.63, 3.8) is 0 Å². The van der Waals surface area contributed by atoms with Gasteiger partial charge in [-0.25, -0.2) is 0 Å². The molecule has 4 aromatic rings. The van der Waals surface area contributed by atoms with Crippen LogP contribution in [0, 0.1) is 0 Å². The molecular formula is C38H40ClF3N6O4. The number of aromatic nitrogens is 2. The highest BCUT2D eigenvalue weighted by Gasteiger charge is 2.34. The summed E-state index contributed by atoms with van der Waals surface area (Å²) in [5.74, 6) is -0.505. The van der Waals surface area contributed by atoms with Crippen LogP contribution in [-0.4, -0.2) is 75.8 Å². The molecule has 52 heavy (non-hydrogen) atoms. The first-order valence-corrected chi connectivity index (χ1v) is 18.0. The van der Waals surface area contributed by atoms with Gasteiger partial charge in [0, 0.05) is 66.5 Å². The predicted octanol–water partition coefficient (Wildman–Crippen LogP) is 6.21. The summed E-state index contributed by atoms with van der Waals surface area (Å²) in [6.45, 7) is 3.70. The zero-order chi connectivity index (χ0) is 36.6. The fourth-order valence-corrected chi connectivity index (χ4v) is 8.19. The molecule has 0 radical (unpaired) electrons. The number of halogens is 4. The molecule has 0 aliphatic carbocycles. The molecule has 0 spiro atoms. The number of hydrogen-bond donors (Lipinski definition) is 2. The number of carbonyl (C=O) groups is 2. The average molecular weight is 737 g/mol. The molecule has 274 valence electrons. The topological polar surface area (TPSA) is 109 Å². The number of nitrogens with one attached hydrogen (secondary N) is 2. The third-order valence-electron chi connectivity index (χ3n) is 10.6. The quantitative estimate of drug-likeness (QED) is 0.206. The van der Waals surface area contributed by atoms with Gasteiger partial charge in [0.15, 0.2) is 0 Å². The molecule has 1 atom stereocenters. The van der Waals surface area contributed by atoms with Crippen LogP contribution in [0.1, 0.15) is 55.6 Å². The van der Waals surface area contributed by atoms with Gasteiger partial charge >= 0.3 is 6.36 Å². The van der Waals surface area contributed by atoms with Crippen LogP contribution in [0.2, 0.25) is 5.02 Å². The number of hydrogen-bond acceptors (Lipinski definition) is 8. The van der Waals surface area contributed by atoms with Gasteiger partial charge in [-0.2, -0.15) is 0 Å². The second-order valence-corrected chi connectivity index (χ2v) is 14.4. The van der Waals surface area contributed by atoms with E-state index < -0.39 is 12.4 Å². The number of aryl methyl sites for hydroxylation is 1. The van der Waals surface area contributed by atoms with E-state index in [1.165, 1.54) is 16.8 Å². The summed E-state index contributed by atoms with van der Waals surface area (Å²) in [5.41, 5.74) is 3.18. The first kappa shape index (κ1) is 35.9. The number of alkyl halides is 3. The van der Waals surface area contributed by atoms with Crippen LogP contribution in [0.5, 0.6) is 5.75 Å². The fraction of sp³-hybridized carbons (Fsp3) is 0.421. The van der Waals surface area contributed by atoms with Crippen molar-refractivity contribution in [3.05, 3.63) is 87.6 Å². The minimum atomic E-state index is -4.86. The zero-order valence-electron chi connectivity index (χ0n) is 28.7. The number of ether oxygens (including phenoxy) is 1. The molecule has 3 aliphatic heterocycles. The van der Waals surface area contributed by atoms with Gasteiger partial charge in [-0.15, -0.1) is 13.2 Å². The van der Waals surface area contributed by atoms with Gasteiger partial charge in [0.2, 0.25) is 11.8 Å². The van der Waals surface area contributed by atoms with E-state index in [2.05, 4.69) is 30.2 Å². The third kappa shape index (κ3) is 7.96. The summed E-state index contributed by atoms with van der Waals surface area (Å²) in [6.07, 6.45) is 4.29. The van der Waals surface area contributed by atoms with Crippen LogP contribution in [0.3, 0.4) is 0 Å². The van der Waals surface area contributed by atoms with Gasteiger partial charge in [-0.05, 0) is 105 Å². The van der Waals surface area contributed by atoms with Crippen molar-refractivity contribution in [2.24, 2.45) is 7.05 Å². The number of piperidine rings is 3. The van der Waals surface area contributed by atoms with Crippen LogP contribution in [0.4, 0.5) is 18.9 Å². The van der Waals surface area contributed by atoms with Crippen molar-refractivity contribution in [3.8, 4) is 16.9 Å². The zero-order valence-corrected chi connectivity index (χ0v) is 29.5. The molecule has 3 aliphatic rings. The maximum absolute atomic E-state index is 13.6. The van der Waals surface area contributed by atoms with E-state index in [0.29, 0.717) is 63.8 Å². The number of fused-ring (bicyclic) bond motifs is 1. The van der Waals surface area contributed by atoms with Crippen LogP contribution in [0.15, 0.2) is 65.8 Å². The monoisotopic (exact) mass is 736 g/mol. The highest BCUT2D eigenvalue weighted by molar-refractivity contribution is 6.31. The number of benzene rings is 2. The molecule has 2 aromatic carbocycles. The first-order valence-electron chi connectivity index (χ1n) is 17.6. The second-order valence-electron chi connectivity index (χ2n) is 14.0. The van der Waals surface area contributed by atoms with Crippen LogP contribution >= 0.6 is 11.6 Å². The Balaban J connectivity index is 0.957. The summed E-state index contributed by atoms with van der Waals surface area (Å²) in [6, 6.07) is 12.3. The maximum atomic E-state index is 13.6. The van der Waals surface area contributed by atoms with Gasteiger partial charge in [0.25, 0.3) is 5.56 Å². The molecule has 7 rings (SSSR count). The Kier molecular flexibility index (Phi) is 10.3. The van der Waals surface area contributed by atoms with Gasteiger partial charge < -0.3 is 19.5 Å². The Morgan fingerprint density at radius 2 is 1.73 bits per heavy atom. The molecule has 3 saturated heterocycles. The van der Waals surface area contributed by atoms with Gasteiger partial charge in [-0.1, -0.05) is 29.8 Å². The lowest BCUT2D eigenvalue weighted by Gasteiger charge is -2.42. The molecule has 2 N–H and O–H groups in total. The van der Waals surface area contributed by atoms with E-state index in [9.17, 15) is 27.6 Å². The minimum absolute atomic E-state index is 0.236. The number of amides is 2. The van der Waals surface area contributed by atoms with Gasteiger partial charge in [0.05, 0.1) is 5.39 Å². The standard InChI is InChI=1S/C38H40ClF3N6O4/c1-46-22-31(29-8-13-43-20-30(29)37(46)51)24-2-3-25(34(18-24)52-38(40,41)42)21-47-14-11-27(12-15-47)48-16-9-23(10-17-48)28-5-4-26(19-32(28)39)44-33-6-7-35(49)45-36(33)50/h2-5,8,13,18-20,22-23,27,33,44H,6-7,9-12,14-17,21H2,1H3,(H,45,49,50). The number of imide groups is 1. The summed E-state index contributed by atoms with van der Waals surface area (Å²) < 4.78 is 46.8. The van der Waals surface area contributed by atoms with Gasteiger partial charge in [0.1, 0.15) is 11.8 Å².